The molecule has 0 bridgehead atoms. The Balaban J connectivity index is 0.000000178. The number of phenols is 8. The molecule has 117 heavy (non-hydrogen) atoms. The Morgan fingerprint density at radius 1 is 0.265 bits per heavy atom. The largest absolute Gasteiger partial charge is 0.507 e. The summed E-state index contributed by atoms with van der Waals surface area (Å²) in [6, 6.07) is 53.6. The molecule has 598 valence electrons. The van der Waals surface area contributed by atoms with E-state index in [0.29, 0.717) is 57.5 Å². The summed E-state index contributed by atoms with van der Waals surface area (Å²) in [5.41, 5.74) is 27.2. The number of carboxylic acids is 8. The van der Waals surface area contributed by atoms with Gasteiger partial charge in [-0.1, -0.05) is 111 Å². The molecule has 0 saturated carbocycles. The second-order valence-electron chi connectivity index (χ2n) is 26.6. The van der Waals surface area contributed by atoms with Crippen LogP contribution in [0.25, 0.3) is 89.0 Å². The van der Waals surface area contributed by atoms with Gasteiger partial charge in [-0.2, -0.15) is 0 Å². The fraction of sp³-hybridized carbons (Fsp3) is 0.111. The van der Waals surface area contributed by atoms with E-state index < -0.39 is 47.8 Å². The van der Waals surface area contributed by atoms with Crippen LogP contribution < -0.4 is 16.8 Å². The fourth-order valence-corrected chi connectivity index (χ4v) is 13.2. The van der Waals surface area contributed by atoms with E-state index in [-0.39, 0.29) is 104 Å². The lowest BCUT2D eigenvalue weighted by Crippen LogP contribution is -2.08. The fourth-order valence-electron chi connectivity index (χ4n) is 13.2. The zero-order chi connectivity index (χ0) is 85.5. The number of nitrogens with one attached hydrogen (secondary N) is 1. The van der Waals surface area contributed by atoms with Gasteiger partial charge in [0.1, 0.15) is 90.5 Å². The summed E-state index contributed by atoms with van der Waals surface area (Å²) >= 11 is 0. The predicted molar refractivity (Wildman–Crippen MR) is 435 cm³/mol. The van der Waals surface area contributed by atoms with Crippen molar-refractivity contribution in [2.45, 2.75) is 59.7 Å². The lowest BCUT2D eigenvalue weighted by Gasteiger charge is -2.18. The van der Waals surface area contributed by atoms with E-state index in [2.05, 4.69) is 5.32 Å². The number of aromatic carboxylic acids is 8. The topological polar surface area (TPSA) is 524 Å². The van der Waals surface area contributed by atoms with Gasteiger partial charge in [0.25, 0.3) is 0 Å². The van der Waals surface area contributed by atoms with Crippen molar-refractivity contribution >= 4 is 47.8 Å². The lowest BCUT2D eigenvalue weighted by atomic mass is 9.88. The smallest absolute Gasteiger partial charge is 0.339 e. The highest BCUT2D eigenvalue weighted by Gasteiger charge is 2.23. The van der Waals surface area contributed by atoms with E-state index in [4.69, 9.17) is 42.1 Å². The predicted octanol–water partition coefficient (Wildman–Crippen LogP) is 15.8. The first-order valence-electron chi connectivity index (χ1n) is 35.8. The van der Waals surface area contributed by atoms with Gasteiger partial charge in [0.2, 0.25) is 0 Å². The molecular weight excluding hydrogens is 1510 g/mol. The molecule has 0 radical (unpaired) electrons. The molecule has 0 aliphatic rings. The summed E-state index contributed by atoms with van der Waals surface area (Å²) in [5, 5.41) is 156. The van der Waals surface area contributed by atoms with E-state index >= 15 is 0 Å². The molecule has 21 N–H and O–H groups in total. The molecule has 0 saturated heterocycles. The number of hydrogen-bond acceptors (Lipinski definition) is 19. The number of nitrogens with two attached hydrogens (primary N) is 2. The Kier molecular flexibility index (Phi) is 27.3. The summed E-state index contributed by atoms with van der Waals surface area (Å²) in [4.78, 5) is 88.9. The van der Waals surface area contributed by atoms with Crippen molar-refractivity contribution < 1.29 is 120 Å². The minimum atomic E-state index is -1.22. The van der Waals surface area contributed by atoms with Gasteiger partial charge in [0.15, 0.2) is 0 Å². The Labute approximate surface area is 667 Å². The van der Waals surface area contributed by atoms with Crippen LogP contribution in [-0.4, -0.2) is 137 Å². The van der Waals surface area contributed by atoms with Crippen LogP contribution in [0.4, 0.5) is 0 Å². The highest BCUT2D eigenvalue weighted by molar-refractivity contribution is 5.98. The summed E-state index contributed by atoms with van der Waals surface area (Å²) in [5.74, 6) is -12.2. The van der Waals surface area contributed by atoms with Crippen molar-refractivity contribution in [2.24, 2.45) is 11.5 Å². The molecule has 0 unspecified atom stereocenters. The zero-order valence-corrected chi connectivity index (χ0v) is 62.9. The van der Waals surface area contributed by atoms with Gasteiger partial charge < -0.3 is 98.5 Å². The molecule has 0 spiro atoms. The average molecular weight is 1590 g/mol. The van der Waals surface area contributed by atoms with Gasteiger partial charge in [-0.25, -0.2) is 38.4 Å². The maximum absolute atomic E-state index is 11.2. The van der Waals surface area contributed by atoms with E-state index in [1.807, 2.05) is 64.2 Å². The minimum absolute atomic E-state index is 0.160. The third-order valence-corrected chi connectivity index (χ3v) is 19.1. The van der Waals surface area contributed by atoms with Crippen LogP contribution >= 0.6 is 0 Å². The zero-order valence-electron chi connectivity index (χ0n) is 62.9. The number of benzene rings is 12. The van der Waals surface area contributed by atoms with Crippen molar-refractivity contribution in [3.8, 4) is 135 Å². The monoisotopic (exact) mass is 1590 g/mol. The molecule has 0 aromatic heterocycles. The van der Waals surface area contributed by atoms with Crippen molar-refractivity contribution in [2.75, 3.05) is 7.05 Å². The van der Waals surface area contributed by atoms with Crippen LogP contribution in [0.5, 0.6) is 46.0 Å². The van der Waals surface area contributed by atoms with Gasteiger partial charge >= 0.3 is 47.8 Å². The average Bonchev–Trinajstić information content (AvgIpc) is 0.776. The van der Waals surface area contributed by atoms with Crippen molar-refractivity contribution in [1.82, 2.24) is 5.32 Å². The minimum Gasteiger partial charge on any atom is -0.507 e. The van der Waals surface area contributed by atoms with Crippen LogP contribution in [0.15, 0.2) is 206 Å². The number of carboxylic acid groups (broad SMARTS) is 8. The number of aromatic hydroxyl groups is 8. The van der Waals surface area contributed by atoms with Gasteiger partial charge in [-0.05, 0) is 264 Å². The number of carbonyl (C=O) groups is 8. The Morgan fingerprint density at radius 2 is 0.487 bits per heavy atom. The van der Waals surface area contributed by atoms with E-state index in [1.54, 1.807) is 72.8 Å². The summed E-state index contributed by atoms with van der Waals surface area (Å²) < 4.78 is 0. The van der Waals surface area contributed by atoms with E-state index in [9.17, 15) is 89.4 Å². The van der Waals surface area contributed by atoms with E-state index in [1.165, 1.54) is 97.1 Å². The van der Waals surface area contributed by atoms with Gasteiger partial charge in [-0.3, -0.25) is 0 Å². The quantitative estimate of drug-likeness (QED) is 0.0283. The van der Waals surface area contributed by atoms with Crippen LogP contribution in [0.3, 0.4) is 0 Å². The summed E-state index contributed by atoms with van der Waals surface area (Å²) in [7, 11) is 1.81. The molecule has 0 aliphatic heterocycles. The first-order chi connectivity index (χ1) is 55.6. The second-order valence-corrected chi connectivity index (χ2v) is 26.6. The first kappa shape index (κ1) is 85.7. The van der Waals surface area contributed by atoms with Crippen LogP contribution in [0.2, 0.25) is 0 Å². The Hall–Kier alpha value is -15.3. The molecule has 0 heterocycles. The van der Waals surface area contributed by atoms with Gasteiger partial charge in [0, 0.05) is 19.6 Å². The van der Waals surface area contributed by atoms with Crippen molar-refractivity contribution in [3.05, 3.63) is 284 Å². The van der Waals surface area contributed by atoms with Gasteiger partial charge in [-0.15, -0.1) is 0 Å². The summed E-state index contributed by atoms with van der Waals surface area (Å²) in [6.07, 6.45) is 2.25. The third-order valence-electron chi connectivity index (χ3n) is 19.1. The number of aryl methyl sites for hydroxylation is 3. The third kappa shape index (κ3) is 19.8. The van der Waals surface area contributed by atoms with Crippen molar-refractivity contribution in [1.29, 1.82) is 0 Å². The molecule has 0 fully saturated rings. The van der Waals surface area contributed by atoms with Gasteiger partial charge in [0.05, 0.1) is 0 Å². The normalized spacial score (nSPS) is 10.7. The highest BCUT2D eigenvalue weighted by atomic mass is 16.4. The molecule has 12 rings (SSSR count). The highest BCUT2D eigenvalue weighted by Crippen LogP contribution is 2.42. The SMILES string of the molecule is CCCc1cc(-c2ccc(C(=O)O)c(O)c2)c(CNC)cc1-c1ccc(C(=O)O)c(O)c1.CCc1cc(-c2ccc(C(=O)O)c(O)c2)c(CN)cc1-c1ccc(C(=O)O)c(O)c1.Cc1cc(-c2ccc(C(=O)O)c(O)c2)ccc1-c1ccc(C(=O)O)c(O)c1.NCc1cc(-c2ccc(C(=O)O)c(O)c2)ccc1-c1ccc(C(=O)O)c(O)c1. The van der Waals surface area contributed by atoms with Crippen molar-refractivity contribution in [3.63, 3.8) is 0 Å². The summed E-state index contributed by atoms with van der Waals surface area (Å²) in [6.45, 7) is 6.75. The number of hydrogen-bond donors (Lipinski definition) is 19. The molecule has 12 aromatic carbocycles. The first-order valence-corrected chi connectivity index (χ1v) is 35.8. The molecule has 12 aromatic rings. The standard InChI is InChI=1S/C25H25NO6.C23H21NO6.C21H17NO6.C21H16O6/c1-3-4-14-9-21(16-6-8-19(25(31)32)23(28)12-16)17(13-26-2)10-20(14)15-5-7-18(24(29)30)22(27)11-15;1-2-12-7-19(14-4-6-17(23(29)30)21(26)10-14)15(11-24)8-18(12)13-3-5-16(22(27)28)20(25)9-13;22-10-14-7-11(12-2-5-16(20(25)26)18(23)8-12)1-4-15(14)13-3-6-17(21(27)28)19(24)9-13;1-11-8-12(13-3-6-16(20(24)25)18(22)9-13)2-5-15(11)14-4-7-17(21(26)27)19(23)10-14/h5-12,26-28H,3-4,13H2,1-2H3,(H,29,30)(H,31,32);3-10,25-26H,2,11,24H2,1H3,(H,27,28)(H,29,30);1-9,23-24H,10,22H2,(H,25,26)(H,27,28);2-10,22-23H,1H3,(H,24,25)(H,26,27). The maximum Gasteiger partial charge on any atom is 0.339 e. The van der Waals surface area contributed by atoms with Crippen LogP contribution in [-0.2, 0) is 32.5 Å². The van der Waals surface area contributed by atoms with Crippen LogP contribution in [0, 0.1) is 6.92 Å². The second kappa shape index (κ2) is 37.3. The Bertz CT molecular complexity index is 5740. The molecule has 0 amide bonds. The Morgan fingerprint density at radius 3 is 0.778 bits per heavy atom. The molecule has 27 nitrogen and oxygen atoms in total. The van der Waals surface area contributed by atoms with E-state index in [0.717, 1.165) is 90.7 Å². The molecule has 0 atom stereocenters. The maximum atomic E-state index is 11.2. The molecule has 0 aliphatic carbocycles. The molecule has 27 heteroatoms. The van der Waals surface area contributed by atoms with Crippen LogP contribution in [0.1, 0.15) is 137 Å². The molecular formula is C90H79N3O24. The number of rotatable bonds is 23. The lowest BCUT2D eigenvalue weighted by molar-refractivity contribution is 0.0682.